The summed E-state index contributed by atoms with van der Waals surface area (Å²) < 4.78 is 10.6. The van der Waals surface area contributed by atoms with Crippen molar-refractivity contribution in [2.24, 2.45) is 0 Å². The Morgan fingerprint density at radius 2 is 1.75 bits per heavy atom. The van der Waals surface area contributed by atoms with E-state index in [-0.39, 0.29) is 0 Å². The minimum Gasteiger partial charge on any atom is -0.479 e. The van der Waals surface area contributed by atoms with E-state index in [9.17, 15) is 4.79 Å². The SMILES string of the molecule is CCCCOCCCCOC(CC)C(=O)O. The lowest BCUT2D eigenvalue weighted by atomic mass is 10.3. The molecule has 16 heavy (non-hydrogen) atoms. The minimum atomic E-state index is -0.873. The first-order valence-corrected chi connectivity index (χ1v) is 6.14. The number of carboxylic acid groups (broad SMARTS) is 1. The quantitative estimate of drug-likeness (QED) is 0.556. The van der Waals surface area contributed by atoms with Gasteiger partial charge in [-0.2, -0.15) is 0 Å². The molecule has 0 saturated carbocycles. The van der Waals surface area contributed by atoms with Crippen LogP contribution in [-0.4, -0.2) is 37.0 Å². The number of rotatable bonds is 11. The van der Waals surface area contributed by atoms with Crippen molar-refractivity contribution in [3.8, 4) is 0 Å². The van der Waals surface area contributed by atoms with Gasteiger partial charge in [-0.15, -0.1) is 0 Å². The number of aliphatic carboxylic acids is 1. The van der Waals surface area contributed by atoms with E-state index in [1.54, 1.807) is 0 Å². The summed E-state index contributed by atoms with van der Waals surface area (Å²) in [5.74, 6) is -0.873. The fourth-order valence-electron chi connectivity index (χ4n) is 1.24. The van der Waals surface area contributed by atoms with Gasteiger partial charge in [0.05, 0.1) is 0 Å². The van der Waals surface area contributed by atoms with Gasteiger partial charge in [-0.25, -0.2) is 4.79 Å². The number of hydrogen-bond acceptors (Lipinski definition) is 3. The van der Waals surface area contributed by atoms with Gasteiger partial charge < -0.3 is 14.6 Å². The predicted octanol–water partition coefficient (Wildman–Crippen LogP) is 2.46. The standard InChI is InChI=1S/C12H24O4/c1-3-5-8-15-9-6-7-10-16-11(4-2)12(13)14/h11H,3-10H2,1-2H3,(H,13,14). The van der Waals surface area contributed by atoms with Crippen LogP contribution in [0, 0.1) is 0 Å². The van der Waals surface area contributed by atoms with Crippen molar-refractivity contribution in [2.45, 2.75) is 52.1 Å². The first-order valence-electron chi connectivity index (χ1n) is 6.14. The third-order valence-electron chi connectivity index (χ3n) is 2.29. The highest BCUT2D eigenvalue weighted by molar-refractivity contribution is 5.72. The van der Waals surface area contributed by atoms with Crippen LogP contribution < -0.4 is 0 Å². The highest BCUT2D eigenvalue weighted by Gasteiger charge is 2.14. The van der Waals surface area contributed by atoms with Gasteiger partial charge in [0, 0.05) is 19.8 Å². The van der Waals surface area contributed by atoms with Crippen LogP contribution in [0.3, 0.4) is 0 Å². The molecule has 0 fully saturated rings. The summed E-state index contributed by atoms with van der Waals surface area (Å²) in [4.78, 5) is 10.6. The van der Waals surface area contributed by atoms with Crippen molar-refractivity contribution < 1.29 is 19.4 Å². The Labute approximate surface area is 97.9 Å². The fourth-order valence-corrected chi connectivity index (χ4v) is 1.24. The molecule has 1 unspecified atom stereocenters. The monoisotopic (exact) mass is 232 g/mol. The lowest BCUT2D eigenvalue weighted by Crippen LogP contribution is -2.23. The molecule has 0 bridgehead atoms. The second-order valence-electron chi connectivity index (χ2n) is 3.78. The number of unbranched alkanes of at least 4 members (excludes halogenated alkanes) is 2. The topological polar surface area (TPSA) is 55.8 Å². The molecule has 0 aliphatic heterocycles. The summed E-state index contributed by atoms with van der Waals surface area (Å²) in [6.45, 7) is 6.01. The van der Waals surface area contributed by atoms with Crippen molar-refractivity contribution in [3.63, 3.8) is 0 Å². The number of carbonyl (C=O) groups is 1. The van der Waals surface area contributed by atoms with E-state index >= 15 is 0 Å². The van der Waals surface area contributed by atoms with E-state index in [4.69, 9.17) is 14.6 Å². The highest BCUT2D eigenvalue weighted by Crippen LogP contribution is 2.01. The van der Waals surface area contributed by atoms with Crippen LogP contribution in [0.1, 0.15) is 46.0 Å². The molecule has 1 atom stereocenters. The molecule has 0 aliphatic rings. The lowest BCUT2D eigenvalue weighted by Gasteiger charge is -2.11. The molecule has 0 amide bonds. The summed E-state index contributed by atoms with van der Waals surface area (Å²) in [7, 11) is 0. The molecule has 4 nitrogen and oxygen atoms in total. The molecule has 0 aromatic rings. The van der Waals surface area contributed by atoms with Gasteiger partial charge in [-0.1, -0.05) is 20.3 Å². The zero-order valence-electron chi connectivity index (χ0n) is 10.4. The van der Waals surface area contributed by atoms with Crippen LogP contribution in [-0.2, 0) is 14.3 Å². The largest absolute Gasteiger partial charge is 0.479 e. The van der Waals surface area contributed by atoms with E-state index in [1.165, 1.54) is 0 Å². The maximum Gasteiger partial charge on any atom is 0.332 e. The molecule has 0 spiro atoms. The van der Waals surface area contributed by atoms with Crippen LogP contribution in [0.2, 0.25) is 0 Å². The Morgan fingerprint density at radius 1 is 1.12 bits per heavy atom. The Morgan fingerprint density at radius 3 is 2.31 bits per heavy atom. The molecule has 0 radical (unpaired) electrons. The van der Waals surface area contributed by atoms with Crippen molar-refractivity contribution in [1.82, 2.24) is 0 Å². The second kappa shape index (κ2) is 10.9. The van der Waals surface area contributed by atoms with E-state index in [0.717, 1.165) is 38.9 Å². The van der Waals surface area contributed by atoms with Crippen LogP contribution in [0.4, 0.5) is 0 Å². The van der Waals surface area contributed by atoms with Crippen LogP contribution >= 0.6 is 0 Å². The van der Waals surface area contributed by atoms with E-state index in [1.807, 2.05) is 6.92 Å². The maximum absolute atomic E-state index is 10.6. The van der Waals surface area contributed by atoms with Gasteiger partial charge in [0.25, 0.3) is 0 Å². The van der Waals surface area contributed by atoms with Crippen molar-refractivity contribution in [3.05, 3.63) is 0 Å². The summed E-state index contributed by atoms with van der Waals surface area (Å²) in [5, 5.41) is 8.72. The predicted molar refractivity (Wildman–Crippen MR) is 62.6 cm³/mol. The molecule has 0 aromatic carbocycles. The molecule has 0 saturated heterocycles. The number of ether oxygens (including phenoxy) is 2. The summed E-state index contributed by atoms with van der Waals surface area (Å²) >= 11 is 0. The summed E-state index contributed by atoms with van der Waals surface area (Å²) in [6.07, 6.45) is 3.91. The minimum absolute atomic E-state index is 0.502. The Balaban J connectivity index is 3.22. The van der Waals surface area contributed by atoms with Crippen LogP contribution in [0.5, 0.6) is 0 Å². The molecule has 0 aliphatic carbocycles. The first-order chi connectivity index (χ1) is 7.72. The average molecular weight is 232 g/mol. The van der Waals surface area contributed by atoms with Crippen molar-refractivity contribution >= 4 is 5.97 Å². The van der Waals surface area contributed by atoms with Crippen LogP contribution in [0.25, 0.3) is 0 Å². The van der Waals surface area contributed by atoms with Gasteiger partial charge in [0.2, 0.25) is 0 Å². The van der Waals surface area contributed by atoms with E-state index in [0.29, 0.717) is 13.0 Å². The molecule has 1 N–H and O–H groups in total. The second-order valence-corrected chi connectivity index (χ2v) is 3.78. The molecular formula is C12H24O4. The van der Waals surface area contributed by atoms with Gasteiger partial charge in [-0.05, 0) is 25.7 Å². The number of hydrogen-bond donors (Lipinski definition) is 1. The fraction of sp³-hybridized carbons (Fsp3) is 0.917. The molecule has 4 heteroatoms. The zero-order valence-corrected chi connectivity index (χ0v) is 10.4. The van der Waals surface area contributed by atoms with Gasteiger partial charge in [0.1, 0.15) is 0 Å². The average Bonchev–Trinajstić information content (AvgIpc) is 2.26. The maximum atomic E-state index is 10.6. The molecule has 0 rings (SSSR count). The van der Waals surface area contributed by atoms with Gasteiger partial charge in [-0.3, -0.25) is 0 Å². The third-order valence-corrected chi connectivity index (χ3v) is 2.29. The first kappa shape index (κ1) is 15.4. The van der Waals surface area contributed by atoms with E-state index in [2.05, 4.69) is 6.92 Å². The molecule has 0 aromatic heterocycles. The van der Waals surface area contributed by atoms with Crippen LogP contribution in [0.15, 0.2) is 0 Å². The summed E-state index contributed by atoms with van der Waals surface area (Å²) in [5.41, 5.74) is 0. The lowest BCUT2D eigenvalue weighted by molar-refractivity contribution is -0.150. The summed E-state index contributed by atoms with van der Waals surface area (Å²) in [6, 6.07) is 0. The van der Waals surface area contributed by atoms with Crippen molar-refractivity contribution in [1.29, 1.82) is 0 Å². The Kier molecular flexibility index (Phi) is 10.5. The normalized spacial score (nSPS) is 12.6. The highest BCUT2D eigenvalue weighted by atomic mass is 16.5. The molecule has 0 heterocycles. The molecule has 96 valence electrons. The van der Waals surface area contributed by atoms with Gasteiger partial charge in [0.15, 0.2) is 6.10 Å². The van der Waals surface area contributed by atoms with Crippen molar-refractivity contribution in [2.75, 3.05) is 19.8 Å². The smallest absolute Gasteiger partial charge is 0.332 e. The zero-order chi connectivity index (χ0) is 12.2. The third kappa shape index (κ3) is 8.68. The number of carboxylic acids is 1. The Bertz CT molecular complexity index is 170. The van der Waals surface area contributed by atoms with E-state index < -0.39 is 12.1 Å². The Hall–Kier alpha value is -0.610. The van der Waals surface area contributed by atoms with Gasteiger partial charge >= 0.3 is 5.97 Å². The molecular weight excluding hydrogens is 208 g/mol.